The lowest BCUT2D eigenvalue weighted by atomic mass is 10.0. The van der Waals surface area contributed by atoms with E-state index in [2.05, 4.69) is 9.73 Å². The van der Waals surface area contributed by atoms with Gasteiger partial charge < -0.3 is 25.7 Å². The van der Waals surface area contributed by atoms with Crippen molar-refractivity contribution in [1.29, 1.82) is 0 Å². The average molecular weight is 596 g/mol. The number of fused-ring (bicyclic) bond motifs is 2. The van der Waals surface area contributed by atoms with Crippen molar-refractivity contribution in [3.63, 3.8) is 0 Å². The number of carbonyl (C=O) groups excluding carboxylic acids is 4. The van der Waals surface area contributed by atoms with E-state index in [1.54, 1.807) is 13.8 Å². The molecule has 2 aromatic carbocycles. The van der Waals surface area contributed by atoms with Gasteiger partial charge in [-0.2, -0.15) is 4.99 Å². The maximum absolute atomic E-state index is 12.0. The standard InChI is InChI=1S/C12H13N3O5S.C12H12O6S/c1-2-6-3-8-9(21(18,19)5-10(16)20-8)4-7(6)11(17)15-12(13)14;1-3-7-4-9-10(5-8(7)12(14)17-2)19(15,16)6-11(13)18-9/h3-4H,2,5H2,1H3,(H4,13,14,15,17);4-5H,3,6H2,1-2H3. The van der Waals surface area contributed by atoms with Crippen molar-refractivity contribution >= 4 is 49.4 Å². The molecule has 0 radical (unpaired) electrons. The third kappa shape index (κ3) is 6.28. The Hall–Kier alpha value is -4.31. The molecule has 0 fully saturated rings. The number of esters is 3. The molecular formula is C24H25N3O11S2. The lowest BCUT2D eigenvalue weighted by Gasteiger charge is -2.18. The van der Waals surface area contributed by atoms with E-state index >= 15 is 0 Å². The molecule has 0 saturated carbocycles. The number of sulfone groups is 2. The molecule has 2 heterocycles. The number of aryl methyl sites for hydroxylation is 2. The van der Waals surface area contributed by atoms with E-state index in [1.165, 1.54) is 25.3 Å². The molecule has 214 valence electrons. The molecule has 14 nitrogen and oxygen atoms in total. The molecule has 1 amide bonds. The summed E-state index contributed by atoms with van der Waals surface area (Å²) in [6, 6.07) is 5.10. The van der Waals surface area contributed by atoms with E-state index < -0.39 is 61.0 Å². The monoisotopic (exact) mass is 595 g/mol. The van der Waals surface area contributed by atoms with Gasteiger partial charge in [-0.15, -0.1) is 0 Å². The van der Waals surface area contributed by atoms with Crippen LogP contribution in [0.15, 0.2) is 39.0 Å². The number of hydrogen-bond acceptors (Lipinski definition) is 11. The van der Waals surface area contributed by atoms with E-state index in [9.17, 15) is 36.0 Å². The number of guanidine groups is 1. The van der Waals surface area contributed by atoms with Gasteiger partial charge in [-0.3, -0.25) is 14.4 Å². The summed E-state index contributed by atoms with van der Waals surface area (Å²) in [7, 11) is -6.38. The number of nitrogens with two attached hydrogens (primary N) is 2. The number of ether oxygens (including phenoxy) is 3. The summed E-state index contributed by atoms with van der Waals surface area (Å²) in [5.74, 6) is -5.05. The summed E-state index contributed by atoms with van der Waals surface area (Å²) in [5, 5.41) is 0. The maximum atomic E-state index is 12.0. The first-order valence-corrected chi connectivity index (χ1v) is 14.9. The van der Waals surface area contributed by atoms with Crippen molar-refractivity contribution in [2.75, 3.05) is 18.6 Å². The zero-order chi connectivity index (χ0) is 30.0. The molecule has 0 unspecified atom stereocenters. The van der Waals surface area contributed by atoms with Crippen molar-refractivity contribution in [3.05, 3.63) is 46.5 Å². The van der Waals surface area contributed by atoms with Gasteiger partial charge in [0, 0.05) is 5.56 Å². The molecular weight excluding hydrogens is 570 g/mol. The highest BCUT2D eigenvalue weighted by Crippen LogP contribution is 2.34. The van der Waals surface area contributed by atoms with E-state index in [4.69, 9.17) is 20.9 Å². The van der Waals surface area contributed by atoms with Gasteiger partial charge in [0.15, 0.2) is 37.1 Å². The topological polar surface area (TPSA) is 229 Å². The highest BCUT2D eigenvalue weighted by Gasteiger charge is 2.34. The number of aliphatic imine (C=N–C) groups is 1. The Morgan fingerprint density at radius 1 is 0.825 bits per heavy atom. The number of hydrogen-bond donors (Lipinski definition) is 2. The molecule has 0 aromatic heterocycles. The quantitative estimate of drug-likeness (QED) is 0.207. The summed E-state index contributed by atoms with van der Waals surface area (Å²) in [6.45, 7) is 3.56. The fourth-order valence-electron chi connectivity index (χ4n) is 3.88. The van der Waals surface area contributed by atoms with Gasteiger partial charge in [-0.1, -0.05) is 13.8 Å². The van der Waals surface area contributed by atoms with Crippen LogP contribution in [0.3, 0.4) is 0 Å². The Morgan fingerprint density at radius 3 is 1.65 bits per heavy atom. The second-order valence-electron chi connectivity index (χ2n) is 8.42. The average Bonchev–Trinajstić information content (AvgIpc) is 2.85. The van der Waals surface area contributed by atoms with Crippen molar-refractivity contribution in [2.24, 2.45) is 16.5 Å². The molecule has 0 spiro atoms. The van der Waals surface area contributed by atoms with Crippen LogP contribution in [-0.2, 0) is 46.8 Å². The summed E-state index contributed by atoms with van der Waals surface area (Å²) < 4.78 is 62.2. The largest absolute Gasteiger partial charge is 0.465 e. The molecule has 4 N–H and O–H groups in total. The fourth-order valence-corrected chi connectivity index (χ4v) is 6.34. The SMILES string of the molecule is CCc1cc2c(cc1C(=O)N=C(N)N)S(=O)(=O)CC(=O)O2.CCc1cc2c(cc1C(=O)OC)S(=O)(=O)CC(=O)O2. The summed E-state index contributed by atoms with van der Waals surface area (Å²) in [4.78, 5) is 49.1. The number of amides is 1. The Labute approximate surface area is 229 Å². The van der Waals surface area contributed by atoms with Crippen LogP contribution in [0, 0.1) is 0 Å². The third-order valence-electron chi connectivity index (χ3n) is 5.70. The highest BCUT2D eigenvalue weighted by molar-refractivity contribution is 7.92. The summed E-state index contributed by atoms with van der Waals surface area (Å²) >= 11 is 0. The van der Waals surface area contributed by atoms with Crippen LogP contribution in [0.5, 0.6) is 11.5 Å². The van der Waals surface area contributed by atoms with E-state index in [-0.39, 0.29) is 32.4 Å². The van der Waals surface area contributed by atoms with Crippen molar-refractivity contribution in [3.8, 4) is 11.5 Å². The number of rotatable bonds is 4. The Bertz CT molecular complexity index is 1670. The van der Waals surface area contributed by atoms with Gasteiger partial charge in [0.2, 0.25) is 0 Å². The van der Waals surface area contributed by atoms with Crippen LogP contribution in [0.4, 0.5) is 0 Å². The van der Waals surface area contributed by atoms with E-state index in [0.717, 1.165) is 6.07 Å². The van der Waals surface area contributed by atoms with Crippen LogP contribution in [-0.4, -0.2) is 65.2 Å². The molecule has 40 heavy (non-hydrogen) atoms. The van der Waals surface area contributed by atoms with Gasteiger partial charge in [-0.25, -0.2) is 21.6 Å². The Morgan fingerprint density at radius 2 is 1.25 bits per heavy atom. The van der Waals surface area contributed by atoms with Crippen molar-refractivity contribution < 1.29 is 50.2 Å². The Balaban J connectivity index is 0.000000222. The maximum Gasteiger partial charge on any atom is 0.338 e. The van der Waals surface area contributed by atoms with E-state index in [0.29, 0.717) is 24.0 Å². The molecule has 2 aromatic rings. The minimum atomic E-state index is -3.84. The van der Waals surface area contributed by atoms with E-state index in [1.807, 2.05) is 0 Å². The van der Waals surface area contributed by atoms with Crippen LogP contribution in [0.25, 0.3) is 0 Å². The number of methoxy groups -OCH3 is 1. The zero-order valence-electron chi connectivity index (χ0n) is 21.5. The third-order valence-corrected chi connectivity index (χ3v) is 8.91. The summed E-state index contributed by atoms with van der Waals surface area (Å²) in [5.41, 5.74) is 11.6. The first kappa shape index (κ1) is 30.2. The lowest BCUT2D eigenvalue weighted by molar-refractivity contribution is -0.133. The van der Waals surface area contributed by atoms with Gasteiger partial charge in [0.05, 0.1) is 12.7 Å². The molecule has 0 bridgehead atoms. The molecule has 2 aliphatic rings. The molecule has 16 heteroatoms. The predicted molar refractivity (Wildman–Crippen MR) is 138 cm³/mol. The molecule has 0 saturated heterocycles. The zero-order valence-corrected chi connectivity index (χ0v) is 23.2. The molecule has 0 aliphatic carbocycles. The first-order valence-electron chi connectivity index (χ1n) is 11.6. The summed E-state index contributed by atoms with van der Waals surface area (Å²) in [6.07, 6.45) is 0.890. The van der Waals surface area contributed by atoms with Crippen LogP contribution in [0.1, 0.15) is 45.7 Å². The molecule has 2 aliphatic heterocycles. The van der Waals surface area contributed by atoms with Gasteiger partial charge >= 0.3 is 17.9 Å². The predicted octanol–water partition coefficient (Wildman–Crippen LogP) is 0.0836. The van der Waals surface area contributed by atoms with Crippen LogP contribution >= 0.6 is 0 Å². The Kier molecular flexibility index (Phi) is 8.64. The second-order valence-corrected chi connectivity index (χ2v) is 12.3. The second kappa shape index (κ2) is 11.4. The fraction of sp³-hybridized carbons (Fsp3) is 0.292. The minimum Gasteiger partial charge on any atom is -0.465 e. The highest BCUT2D eigenvalue weighted by atomic mass is 32.2. The van der Waals surface area contributed by atoms with Crippen molar-refractivity contribution in [1.82, 2.24) is 0 Å². The normalized spacial score (nSPS) is 16.1. The van der Waals surface area contributed by atoms with Crippen molar-refractivity contribution in [2.45, 2.75) is 36.5 Å². The van der Waals surface area contributed by atoms with Crippen LogP contribution < -0.4 is 20.9 Å². The van der Waals surface area contributed by atoms with Gasteiger partial charge in [-0.05, 0) is 48.2 Å². The van der Waals surface area contributed by atoms with Crippen LogP contribution in [0.2, 0.25) is 0 Å². The number of carbonyl (C=O) groups is 4. The number of nitrogens with zero attached hydrogens (tertiary/aromatic N) is 1. The molecule has 4 rings (SSSR count). The van der Waals surface area contributed by atoms with Gasteiger partial charge in [0.25, 0.3) is 5.91 Å². The number of benzene rings is 2. The smallest absolute Gasteiger partial charge is 0.338 e. The first-order chi connectivity index (χ1) is 18.6. The minimum absolute atomic E-state index is 0.0271. The molecule has 0 atom stereocenters. The lowest BCUT2D eigenvalue weighted by Crippen LogP contribution is -2.28. The van der Waals surface area contributed by atoms with Gasteiger partial charge in [0.1, 0.15) is 21.3 Å².